The van der Waals surface area contributed by atoms with Gasteiger partial charge in [0.1, 0.15) is 0 Å². The summed E-state index contributed by atoms with van der Waals surface area (Å²) in [6.45, 7) is 4.38. The first-order valence-corrected chi connectivity index (χ1v) is 4.20. The standard InChI is InChI=1S/C10H12N2.H2/c1-7(2)8-3-4-9-6-11-12-10(9)5-8;/h3-7H,1-2H3,(H,11,12);1H. The highest BCUT2D eigenvalue weighted by Gasteiger charge is 2.00. The van der Waals surface area contributed by atoms with E-state index in [1.54, 1.807) is 0 Å². The minimum atomic E-state index is 0. The van der Waals surface area contributed by atoms with E-state index < -0.39 is 0 Å². The molecule has 0 amide bonds. The number of rotatable bonds is 1. The molecule has 1 N–H and O–H groups in total. The normalized spacial score (nSPS) is 11.2. The third kappa shape index (κ3) is 1.09. The summed E-state index contributed by atoms with van der Waals surface area (Å²) in [5.41, 5.74) is 2.48. The summed E-state index contributed by atoms with van der Waals surface area (Å²) in [6.07, 6.45) is 1.85. The quantitative estimate of drug-likeness (QED) is 0.686. The minimum absolute atomic E-state index is 0. The summed E-state index contributed by atoms with van der Waals surface area (Å²) in [5.74, 6) is 0.581. The predicted octanol–water partition coefficient (Wildman–Crippen LogP) is 2.93. The third-order valence-corrected chi connectivity index (χ3v) is 2.13. The molecular weight excluding hydrogens is 148 g/mol. The SMILES string of the molecule is CC(C)c1ccc2cn[nH]c2c1.[HH]. The van der Waals surface area contributed by atoms with Gasteiger partial charge in [-0.3, -0.25) is 5.10 Å². The topological polar surface area (TPSA) is 28.7 Å². The lowest BCUT2D eigenvalue weighted by molar-refractivity contribution is 0.868. The van der Waals surface area contributed by atoms with Crippen LogP contribution < -0.4 is 0 Å². The molecule has 1 aromatic carbocycles. The van der Waals surface area contributed by atoms with Crippen molar-refractivity contribution < 1.29 is 1.43 Å². The van der Waals surface area contributed by atoms with Crippen LogP contribution in [0.25, 0.3) is 10.9 Å². The van der Waals surface area contributed by atoms with E-state index in [0.717, 1.165) is 5.52 Å². The van der Waals surface area contributed by atoms with Crippen LogP contribution in [0.5, 0.6) is 0 Å². The van der Waals surface area contributed by atoms with Crippen LogP contribution in [0, 0.1) is 0 Å². The van der Waals surface area contributed by atoms with Crippen molar-refractivity contribution in [2.75, 3.05) is 0 Å². The molecule has 2 heteroatoms. The monoisotopic (exact) mass is 162 g/mol. The molecule has 0 radical (unpaired) electrons. The maximum Gasteiger partial charge on any atom is 0.0653 e. The molecule has 0 bridgehead atoms. The van der Waals surface area contributed by atoms with E-state index >= 15 is 0 Å². The second-order valence-electron chi connectivity index (χ2n) is 3.37. The molecule has 0 atom stereocenters. The van der Waals surface area contributed by atoms with Gasteiger partial charge in [-0.05, 0) is 17.5 Å². The van der Waals surface area contributed by atoms with Gasteiger partial charge < -0.3 is 0 Å². The summed E-state index contributed by atoms with van der Waals surface area (Å²) in [6, 6.07) is 6.42. The molecule has 1 aromatic heterocycles. The fourth-order valence-corrected chi connectivity index (χ4v) is 1.31. The predicted molar refractivity (Wildman–Crippen MR) is 52.3 cm³/mol. The molecule has 0 aliphatic carbocycles. The van der Waals surface area contributed by atoms with Gasteiger partial charge in [-0.25, -0.2) is 0 Å². The maximum absolute atomic E-state index is 3.98. The second-order valence-corrected chi connectivity index (χ2v) is 3.37. The molecule has 0 aliphatic heterocycles. The lowest BCUT2D eigenvalue weighted by atomic mass is 10.0. The summed E-state index contributed by atoms with van der Waals surface area (Å²) < 4.78 is 0. The van der Waals surface area contributed by atoms with Gasteiger partial charge >= 0.3 is 0 Å². The van der Waals surface area contributed by atoms with Crippen molar-refractivity contribution in [1.29, 1.82) is 0 Å². The molecule has 0 fully saturated rings. The first kappa shape index (κ1) is 7.35. The zero-order valence-electron chi connectivity index (χ0n) is 7.33. The Morgan fingerprint density at radius 2 is 2.25 bits per heavy atom. The van der Waals surface area contributed by atoms with Crippen molar-refractivity contribution in [3.05, 3.63) is 30.0 Å². The number of H-pyrrole nitrogens is 1. The number of nitrogens with zero attached hydrogens (tertiary/aromatic N) is 1. The Hall–Kier alpha value is -1.31. The van der Waals surface area contributed by atoms with Crippen LogP contribution in [0.15, 0.2) is 24.4 Å². The van der Waals surface area contributed by atoms with Gasteiger partial charge in [-0.1, -0.05) is 26.0 Å². The largest absolute Gasteiger partial charge is 0.278 e. The van der Waals surface area contributed by atoms with Crippen molar-refractivity contribution >= 4 is 10.9 Å². The Kier molecular flexibility index (Phi) is 1.61. The van der Waals surface area contributed by atoms with E-state index in [4.69, 9.17) is 0 Å². The Morgan fingerprint density at radius 3 is 3.00 bits per heavy atom. The van der Waals surface area contributed by atoms with Gasteiger partial charge in [-0.2, -0.15) is 5.10 Å². The van der Waals surface area contributed by atoms with Gasteiger partial charge in [0.2, 0.25) is 0 Å². The van der Waals surface area contributed by atoms with E-state index in [-0.39, 0.29) is 1.43 Å². The van der Waals surface area contributed by atoms with Crippen molar-refractivity contribution in [1.82, 2.24) is 10.2 Å². The zero-order valence-corrected chi connectivity index (χ0v) is 7.33. The van der Waals surface area contributed by atoms with E-state index in [0.29, 0.717) is 5.92 Å². The number of nitrogens with one attached hydrogen (secondary N) is 1. The summed E-state index contributed by atoms with van der Waals surface area (Å²) in [7, 11) is 0. The lowest BCUT2D eigenvalue weighted by Crippen LogP contribution is -1.85. The van der Waals surface area contributed by atoms with Crippen LogP contribution >= 0.6 is 0 Å². The van der Waals surface area contributed by atoms with Gasteiger partial charge in [0, 0.05) is 6.81 Å². The van der Waals surface area contributed by atoms with Crippen LogP contribution in [-0.2, 0) is 0 Å². The smallest absolute Gasteiger partial charge is 0.0653 e. The van der Waals surface area contributed by atoms with Crippen molar-refractivity contribution in [3.63, 3.8) is 0 Å². The maximum atomic E-state index is 3.98. The first-order valence-electron chi connectivity index (χ1n) is 4.20. The average molecular weight is 162 g/mol. The molecule has 2 aromatic rings. The Balaban J connectivity index is 0.000000845. The molecule has 64 valence electrons. The third-order valence-electron chi connectivity index (χ3n) is 2.13. The average Bonchev–Trinajstić information content (AvgIpc) is 2.49. The Labute approximate surface area is 73.1 Å². The molecule has 2 nitrogen and oxygen atoms in total. The number of aromatic amines is 1. The highest BCUT2D eigenvalue weighted by molar-refractivity contribution is 5.78. The second kappa shape index (κ2) is 2.63. The molecule has 12 heavy (non-hydrogen) atoms. The van der Waals surface area contributed by atoms with Crippen molar-refractivity contribution in [2.24, 2.45) is 0 Å². The Morgan fingerprint density at radius 1 is 1.42 bits per heavy atom. The van der Waals surface area contributed by atoms with E-state index in [1.807, 2.05) is 6.20 Å². The number of hydrogen-bond acceptors (Lipinski definition) is 1. The molecule has 0 spiro atoms. The lowest BCUT2D eigenvalue weighted by Gasteiger charge is -2.03. The number of benzene rings is 1. The molecular formula is C10H14N2. The number of hydrogen-bond donors (Lipinski definition) is 1. The number of fused-ring (bicyclic) bond motifs is 1. The van der Waals surface area contributed by atoms with Gasteiger partial charge in [-0.15, -0.1) is 0 Å². The molecule has 2 rings (SSSR count). The van der Waals surface area contributed by atoms with E-state index in [2.05, 4.69) is 42.2 Å². The van der Waals surface area contributed by atoms with E-state index in [1.165, 1.54) is 10.9 Å². The highest BCUT2D eigenvalue weighted by atomic mass is 15.1. The molecule has 0 saturated heterocycles. The molecule has 0 unspecified atom stereocenters. The molecule has 0 saturated carbocycles. The van der Waals surface area contributed by atoms with E-state index in [9.17, 15) is 0 Å². The van der Waals surface area contributed by atoms with Crippen molar-refractivity contribution in [2.45, 2.75) is 19.8 Å². The van der Waals surface area contributed by atoms with Crippen LogP contribution in [-0.4, -0.2) is 10.2 Å². The molecule has 1 heterocycles. The highest BCUT2D eigenvalue weighted by Crippen LogP contribution is 2.18. The fourth-order valence-electron chi connectivity index (χ4n) is 1.31. The Bertz CT molecular complexity index is 392. The fraction of sp³-hybridized carbons (Fsp3) is 0.300. The minimum Gasteiger partial charge on any atom is -0.278 e. The van der Waals surface area contributed by atoms with Gasteiger partial charge in [0.25, 0.3) is 0 Å². The first-order chi connectivity index (χ1) is 5.77. The molecule has 0 aliphatic rings. The van der Waals surface area contributed by atoms with Crippen LogP contribution in [0.1, 0.15) is 26.8 Å². The van der Waals surface area contributed by atoms with Crippen LogP contribution in [0.4, 0.5) is 0 Å². The zero-order chi connectivity index (χ0) is 8.55. The summed E-state index contributed by atoms with van der Waals surface area (Å²) in [5, 5.41) is 8.12. The summed E-state index contributed by atoms with van der Waals surface area (Å²) in [4.78, 5) is 0. The van der Waals surface area contributed by atoms with Crippen LogP contribution in [0.3, 0.4) is 0 Å². The number of aromatic nitrogens is 2. The van der Waals surface area contributed by atoms with Gasteiger partial charge in [0.05, 0.1) is 11.7 Å². The van der Waals surface area contributed by atoms with Gasteiger partial charge in [0.15, 0.2) is 0 Å². The van der Waals surface area contributed by atoms with Crippen molar-refractivity contribution in [3.8, 4) is 0 Å². The summed E-state index contributed by atoms with van der Waals surface area (Å²) >= 11 is 0. The van der Waals surface area contributed by atoms with Crippen LogP contribution in [0.2, 0.25) is 0 Å².